The van der Waals surface area contributed by atoms with Gasteiger partial charge >= 0.3 is 5.97 Å². The summed E-state index contributed by atoms with van der Waals surface area (Å²) in [6.45, 7) is 0. The highest BCUT2D eigenvalue weighted by molar-refractivity contribution is 7.21. The van der Waals surface area contributed by atoms with Crippen LogP contribution in [0.2, 0.25) is 0 Å². The van der Waals surface area contributed by atoms with E-state index in [1.54, 1.807) is 18.2 Å². The van der Waals surface area contributed by atoms with Crippen molar-refractivity contribution >= 4 is 27.5 Å². The Labute approximate surface area is 116 Å². The average Bonchev–Trinajstić information content (AvgIpc) is 2.80. The van der Waals surface area contributed by atoms with Crippen molar-refractivity contribution in [3.63, 3.8) is 0 Å². The van der Waals surface area contributed by atoms with Gasteiger partial charge in [-0.3, -0.25) is 0 Å². The van der Waals surface area contributed by atoms with Crippen LogP contribution in [-0.2, 0) is 0 Å². The number of aromatic nitrogens is 1. The van der Waals surface area contributed by atoms with Gasteiger partial charge in [0.15, 0.2) is 0 Å². The molecule has 0 aliphatic carbocycles. The van der Waals surface area contributed by atoms with E-state index < -0.39 is 11.8 Å². The Kier molecular flexibility index (Phi) is 2.87. The lowest BCUT2D eigenvalue weighted by molar-refractivity contribution is 0.0694. The fraction of sp³-hybridized carbons (Fsp3) is 0. The van der Waals surface area contributed by atoms with E-state index in [9.17, 15) is 14.3 Å². The molecule has 20 heavy (non-hydrogen) atoms. The van der Waals surface area contributed by atoms with Crippen LogP contribution in [0.4, 0.5) is 4.39 Å². The normalized spacial score (nSPS) is 10.8. The second-order valence-electron chi connectivity index (χ2n) is 4.14. The first-order valence-corrected chi connectivity index (χ1v) is 6.49. The van der Waals surface area contributed by atoms with Crippen LogP contribution in [0.25, 0.3) is 20.8 Å². The number of carboxylic acid groups (broad SMARTS) is 1. The molecular weight excluding hydrogens is 281 g/mol. The quantitative estimate of drug-likeness (QED) is 0.757. The van der Waals surface area contributed by atoms with Crippen molar-refractivity contribution < 1.29 is 19.4 Å². The molecule has 0 radical (unpaired) electrons. The number of nitrogens with zero attached hydrogens (tertiary/aromatic N) is 1. The van der Waals surface area contributed by atoms with Crippen LogP contribution >= 0.6 is 11.3 Å². The van der Waals surface area contributed by atoms with Crippen LogP contribution in [0.15, 0.2) is 36.4 Å². The largest absolute Gasteiger partial charge is 0.507 e. The Morgan fingerprint density at radius 1 is 1.25 bits per heavy atom. The third-order valence-corrected chi connectivity index (χ3v) is 3.89. The Balaban J connectivity index is 2.21. The maximum Gasteiger partial charge on any atom is 0.339 e. The molecule has 1 aromatic heterocycles. The van der Waals surface area contributed by atoms with Crippen LogP contribution in [0.3, 0.4) is 0 Å². The number of carbonyl (C=O) groups is 1. The summed E-state index contributed by atoms with van der Waals surface area (Å²) in [6.07, 6.45) is 0. The standard InChI is InChI=1S/C14H8FNO3S/c15-9-4-2-1-3-7(9)13-16-10-5-8(14(18)19)11(17)6-12(10)20-13/h1-6,17H,(H,18,19). The zero-order valence-corrected chi connectivity index (χ0v) is 10.8. The lowest BCUT2D eigenvalue weighted by Crippen LogP contribution is -1.96. The fourth-order valence-electron chi connectivity index (χ4n) is 1.88. The topological polar surface area (TPSA) is 70.4 Å². The van der Waals surface area contributed by atoms with Gasteiger partial charge in [-0.2, -0.15) is 0 Å². The van der Waals surface area contributed by atoms with Crippen LogP contribution < -0.4 is 0 Å². The minimum Gasteiger partial charge on any atom is -0.507 e. The zero-order valence-electron chi connectivity index (χ0n) is 10.0. The van der Waals surface area contributed by atoms with E-state index in [1.165, 1.54) is 29.5 Å². The monoisotopic (exact) mass is 289 g/mol. The second kappa shape index (κ2) is 4.57. The first-order valence-electron chi connectivity index (χ1n) is 5.68. The van der Waals surface area contributed by atoms with E-state index in [1.807, 2.05) is 0 Å². The number of aromatic carboxylic acids is 1. The summed E-state index contributed by atoms with van der Waals surface area (Å²) in [5.41, 5.74) is 0.552. The van der Waals surface area contributed by atoms with Crippen molar-refractivity contribution in [1.29, 1.82) is 0 Å². The smallest absolute Gasteiger partial charge is 0.339 e. The molecule has 3 aromatic rings. The molecule has 2 aromatic carbocycles. The zero-order chi connectivity index (χ0) is 14.3. The van der Waals surface area contributed by atoms with E-state index in [0.29, 0.717) is 20.8 Å². The number of benzene rings is 2. The Morgan fingerprint density at radius 3 is 2.70 bits per heavy atom. The molecule has 6 heteroatoms. The van der Waals surface area contributed by atoms with Gasteiger partial charge in [0.1, 0.15) is 22.1 Å². The van der Waals surface area contributed by atoms with Crippen molar-refractivity contribution in [3.05, 3.63) is 47.8 Å². The predicted molar refractivity (Wildman–Crippen MR) is 73.6 cm³/mol. The van der Waals surface area contributed by atoms with Gasteiger partial charge in [0, 0.05) is 11.6 Å². The van der Waals surface area contributed by atoms with E-state index in [2.05, 4.69) is 4.98 Å². The highest BCUT2D eigenvalue weighted by Crippen LogP contribution is 2.34. The van der Waals surface area contributed by atoms with Crippen molar-refractivity contribution in [3.8, 4) is 16.3 Å². The summed E-state index contributed by atoms with van der Waals surface area (Å²) in [5.74, 6) is -1.95. The summed E-state index contributed by atoms with van der Waals surface area (Å²) in [4.78, 5) is 15.2. The van der Waals surface area contributed by atoms with Gasteiger partial charge in [-0.15, -0.1) is 11.3 Å². The van der Waals surface area contributed by atoms with Crippen LogP contribution in [0, 0.1) is 5.82 Å². The van der Waals surface area contributed by atoms with Crippen molar-refractivity contribution in [1.82, 2.24) is 4.98 Å². The summed E-state index contributed by atoms with van der Waals surface area (Å²) in [7, 11) is 0. The maximum atomic E-state index is 13.7. The first-order chi connectivity index (χ1) is 9.56. The third-order valence-electron chi connectivity index (χ3n) is 2.84. The predicted octanol–water partition coefficient (Wildman–Crippen LogP) is 3.51. The minimum atomic E-state index is -1.23. The van der Waals surface area contributed by atoms with Crippen LogP contribution in [-0.4, -0.2) is 21.2 Å². The molecule has 0 fully saturated rings. The Morgan fingerprint density at radius 2 is 2.00 bits per heavy atom. The lowest BCUT2D eigenvalue weighted by Gasteiger charge is -1.97. The van der Waals surface area contributed by atoms with E-state index in [4.69, 9.17) is 5.11 Å². The molecule has 4 nitrogen and oxygen atoms in total. The maximum absolute atomic E-state index is 13.7. The summed E-state index contributed by atoms with van der Waals surface area (Å²) < 4.78 is 14.3. The molecule has 3 rings (SSSR count). The SMILES string of the molecule is O=C(O)c1cc2nc(-c3ccccc3F)sc2cc1O. The van der Waals surface area contributed by atoms with Gasteiger partial charge in [-0.05, 0) is 18.2 Å². The third kappa shape index (κ3) is 2.00. The molecule has 0 spiro atoms. The van der Waals surface area contributed by atoms with Gasteiger partial charge < -0.3 is 10.2 Å². The van der Waals surface area contributed by atoms with E-state index in [0.717, 1.165) is 0 Å². The molecule has 0 aliphatic heterocycles. The summed E-state index contributed by atoms with van der Waals surface area (Å²) in [5, 5.41) is 19.0. The number of halogens is 1. The molecule has 0 atom stereocenters. The van der Waals surface area contributed by atoms with Gasteiger partial charge in [-0.1, -0.05) is 12.1 Å². The van der Waals surface area contributed by atoms with Gasteiger partial charge in [-0.25, -0.2) is 14.2 Å². The van der Waals surface area contributed by atoms with Gasteiger partial charge in [0.25, 0.3) is 0 Å². The van der Waals surface area contributed by atoms with Gasteiger partial charge in [0.05, 0.1) is 10.2 Å². The first kappa shape index (κ1) is 12.6. The molecule has 0 aliphatic rings. The van der Waals surface area contributed by atoms with Crippen LogP contribution in [0.5, 0.6) is 5.75 Å². The Bertz CT molecular complexity index is 828. The molecule has 0 amide bonds. The molecule has 1 heterocycles. The number of thiazole rings is 1. The van der Waals surface area contributed by atoms with Crippen molar-refractivity contribution in [2.45, 2.75) is 0 Å². The Hall–Kier alpha value is -2.47. The van der Waals surface area contributed by atoms with Crippen molar-refractivity contribution in [2.75, 3.05) is 0 Å². The van der Waals surface area contributed by atoms with Gasteiger partial charge in [0.2, 0.25) is 0 Å². The number of phenols is 1. The molecule has 0 saturated carbocycles. The fourth-order valence-corrected chi connectivity index (χ4v) is 2.89. The number of rotatable bonds is 2. The highest BCUT2D eigenvalue weighted by Gasteiger charge is 2.15. The number of hydrogen-bond donors (Lipinski definition) is 2. The van der Waals surface area contributed by atoms with E-state index >= 15 is 0 Å². The summed E-state index contributed by atoms with van der Waals surface area (Å²) >= 11 is 1.20. The van der Waals surface area contributed by atoms with E-state index in [-0.39, 0.29) is 11.3 Å². The molecule has 100 valence electrons. The lowest BCUT2D eigenvalue weighted by atomic mass is 10.2. The molecular formula is C14H8FNO3S. The minimum absolute atomic E-state index is 0.220. The number of aromatic hydroxyl groups is 1. The number of carboxylic acids is 1. The number of hydrogen-bond acceptors (Lipinski definition) is 4. The van der Waals surface area contributed by atoms with Crippen LogP contribution in [0.1, 0.15) is 10.4 Å². The highest BCUT2D eigenvalue weighted by atomic mass is 32.1. The average molecular weight is 289 g/mol. The number of fused-ring (bicyclic) bond motifs is 1. The molecule has 0 bridgehead atoms. The second-order valence-corrected chi connectivity index (χ2v) is 5.17. The van der Waals surface area contributed by atoms with Crippen molar-refractivity contribution in [2.24, 2.45) is 0 Å². The summed E-state index contributed by atoms with van der Waals surface area (Å²) in [6, 6.07) is 8.84. The molecule has 0 saturated heterocycles. The molecule has 0 unspecified atom stereocenters. The molecule has 2 N–H and O–H groups in total.